The minimum absolute atomic E-state index is 0.0330. The molecule has 0 aliphatic heterocycles. The van der Waals surface area contributed by atoms with Crippen LogP contribution >= 0.6 is 0 Å². The largest absolute Gasteiger partial charge is 0.507 e. The minimum Gasteiger partial charge on any atom is -0.507 e. The normalized spacial score (nSPS) is 11.2. The van der Waals surface area contributed by atoms with Gasteiger partial charge in [0, 0.05) is 18.2 Å². The van der Waals surface area contributed by atoms with E-state index >= 15 is 0 Å². The van der Waals surface area contributed by atoms with Crippen molar-refractivity contribution in [2.24, 2.45) is 5.73 Å². The Bertz CT molecular complexity index is 399. The fourth-order valence-corrected chi connectivity index (χ4v) is 1.10. The molecule has 0 fully saturated rings. The van der Waals surface area contributed by atoms with E-state index in [1.807, 2.05) is 0 Å². The van der Waals surface area contributed by atoms with Crippen molar-refractivity contribution in [3.8, 4) is 5.75 Å². The van der Waals surface area contributed by atoms with E-state index in [2.05, 4.69) is 5.32 Å². The third kappa shape index (κ3) is 3.51. The van der Waals surface area contributed by atoms with Crippen molar-refractivity contribution in [1.82, 2.24) is 5.32 Å². The second kappa shape index (κ2) is 4.49. The van der Waals surface area contributed by atoms with Gasteiger partial charge in [-0.2, -0.15) is 0 Å². The zero-order chi connectivity index (χ0) is 12.3. The Morgan fingerprint density at radius 1 is 1.56 bits per heavy atom. The topological polar surface area (TPSA) is 75.3 Å². The van der Waals surface area contributed by atoms with E-state index in [9.17, 15) is 14.3 Å². The van der Waals surface area contributed by atoms with Crippen molar-refractivity contribution in [1.29, 1.82) is 0 Å². The van der Waals surface area contributed by atoms with Gasteiger partial charge < -0.3 is 16.2 Å². The summed E-state index contributed by atoms with van der Waals surface area (Å²) in [6.45, 7) is 3.79. The van der Waals surface area contributed by atoms with Gasteiger partial charge in [0.2, 0.25) is 0 Å². The Morgan fingerprint density at radius 2 is 2.19 bits per heavy atom. The third-order valence-corrected chi connectivity index (χ3v) is 1.91. The molecule has 1 rings (SSSR count). The Kier molecular flexibility index (Phi) is 3.49. The molecule has 16 heavy (non-hydrogen) atoms. The first kappa shape index (κ1) is 12.4. The van der Waals surface area contributed by atoms with Gasteiger partial charge in [-0.15, -0.1) is 0 Å². The van der Waals surface area contributed by atoms with Crippen molar-refractivity contribution in [2.45, 2.75) is 19.4 Å². The van der Waals surface area contributed by atoms with Crippen LogP contribution in [0.15, 0.2) is 18.2 Å². The van der Waals surface area contributed by atoms with Crippen LogP contribution < -0.4 is 11.1 Å². The lowest BCUT2D eigenvalue weighted by atomic mass is 10.1. The summed E-state index contributed by atoms with van der Waals surface area (Å²) in [5.74, 6) is -1.45. The first-order chi connectivity index (χ1) is 7.29. The number of benzene rings is 1. The van der Waals surface area contributed by atoms with Crippen LogP contribution in [0.25, 0.3) is 0 Å². The second-order valence-corrected chi connectivity index (χ2v) is 4.33. The van der Waals surface area contributed by atoms with Crippen molar-refractivity contribution in [2.75, 3.05) is 6.54 Å². The molecular weight excluding hydrogens is 211 g/mol. The van der Waals surface area contributed by atoms with Crippen molar-refractivity contribution in [3.63, 3.8) is 0 Å². The quantitative estimate of drug-likeness (QED) is 0.719. The average molecular weight is 226 g/mol. The van der Waals surface area contributed by atoms with Crippen LogP contribution in [0.2, 0.25) is 0 Å². The smallest absolute Gasteiger partial charge is 0.255 e. The van der Waals surface area contributed by atoms with Crippen molar-refractivity contribution < 1.29 is 14.3 Å². The number of carbonyl (C=O) groups is 1. The van der Waals surface area contributed by atoms with Crippen molar-refractivity contribution in [3.05, 3.63) is 29.6 Å². The summed E-state index contributed by atoms with van der Waals surface area (Å²) in [4.78, 5) is 11.6. The maximum absolute atomic E-state index is 12.7. The molecule has 0 bridgehead atoms. The molecule has 4 nitrogen and oxygen atoms in total. The maximum atomic E-state index is 12.7. The highest BCUT2D eigenvalue weighted by atomic mass is 19.1. The van der Waals surface area contributed by atoms with Gasteiger partial charge in [0.15, 0.2) is 0 Å². The molecule has 1 aromatic rings. The van der Waals surface area contributed by atoms with Crippen LogP contribution in [0.1, 0.15) is 24.2 Å². The van der Waals surface area contributed by atoms with Gasteiger partial charge in [0.25, 0.3) is 5.91 Å². The predicted molar refractivity (Wildman–Crippen MR) is 58.7 cm³/mol. The highest BCUT2D eigenvalue weighted by molar-refractivity contribution is 5.96. The number of phenols is 1. The standard InChI is InChI=1S/C11H15FN2O2/c1-11(2,13)6-14-10(16)8-4-3-7(12)5-9(8)15/h3-5,15H,6,13H2,1-2H3,(H,14,16). The number of hydrogen-bond acceptors (Lipinski definition) is 3. The van der Waals surface area contributed by atoms with Gasteiger partial charge >= 0.3 is 0 Å². The summed E-state index contributed by atoms with van der Waals surface area (Å²) in [7, 11) is 0. The summed E-state index contributed by atoms with van der Waals surface area (Å²) in [6.07, 6.45) is 0. The van der Waals surface area contributed by atoms with E-state index in [0.717, 1.165) is 12.1 Å². The lowest BCUT2D eigenvalue weighted by Gasteiger charge is -2.19. The molecular formula is C11H15FN2O2. The lowest BCUT2D eigenvalue weighted by molar-refractivity contribution is 0.0943. The van der Waals surface area contributed by atoms with Gasteiger partial charge in [-0.3, -0.25) is 4.79 Å². The van der Waals surface area contributed by atoms with E-state index in [1.165, 1.54) is 6.07 Å². The highest BCUT2D eigenvalue weighted by Gasteiger charge is 2.15. The highest BCUT2D eigenvalue weighted by Crippen LogP contribution is 2.17. The number of rotatable bonds is 3. The number of aromatic hydroxyl groups is 1. The lowest BCUT2D eigenvalue weighted by Crippen LogP contribution is -2.45. The fourth-order valence-electron chi connectivity index (χ4n) is 1.10. The van der Waals surface area contributed by atoms with E-state index in [4.69, 9.17) is 5.73 Å². The van der Waals surface area contributed by atoms with Gasteiger partial charge in [-0.1, -0.05) is 0 Å². The van der Waals surface area contributed by atoms with E-state index in [-0.39, 0.29) is 17.9 Å². The minimum atomic E-state index is -0.590. The van der Waals surface area contributed by atoms with Crippen LogP contribution in [0.4, 0.5) is 4.39 Å². The van der Waals surface area contributed by atoms with Gasteiger partial charge in [-0.25, -0.2) is 4.39 Å². The Morgan fingerprint density at radius 3 is 2.69 bits per heavy atom. The Labute approximate surface area is 93.3 Å². The number of hydrogen-bond donors (Lipinski definition) is 3. The van der Waals surface area contributed by atoms with Gasteiger partial charge in [0.1, 0.15) is 11.6 Å². The van der Waals surface area contributed by atoms with E-state index in [1.54, 1.807) is 13.8 Å². The molecule has 0 atom stereocenters. The number of nitrogens with one attached hydrogen (secondary N) is 1. The number of amides is 1. The Balaban J connectivity index is 2.74. The SMILES string of the molecule is CC(C)(N)CNC(=O)c1ccc(F)cc1O. The maximum Gasteiger partial charge on any atom is 0.255 e. The van der Waals surface area contributed by atoms with Crippen LogP contribution in [-0.4, -0.2) is 23.1 Å². The molecule has 0 heterocycles. The summed E-state index contributed by atoms with van der Waals surface area (Å²) in [6, 6.07) is 3.23. The van der Waals surface area contributed by atoms with Crippen LogP contribution in [-0.2, 0) is 0 Å². The van der Waals surface area contributed by atoms with E-state index < -0.39 is 17.3 Å². The van der Waals surface area contributed by atoms with E-state index in [0.29, 0.717) is 0 Å². The third-order valence-electron chi connectivity index (χ3n) is 1.91. The number of halogens is 1. The molecule has 4 N–H and O–H groups in total. The summed E-state index contributed by atoms with van der Waals surface area (Å²) in [5, 5.41) is 11.9. The molecule has 0 aliphatic carbocycles. The van der Waals surface area contributed by atoms with Gasteiger partial charge in [-0.05, 0) is 26.0 Å². The Hall–Kier alpha value is -1.62. The molecule has 0 unspecified atom stereocenters. The first-order valence-electron chi connectivity index (χ1n) is 4.85. The molecule has 0 radical (unpaired) electrons. The van der Waals surface area contributed by atoms with Gasteiger partial charge in [0.05, 0.1) is 5.56 Å². The zero-order valence-electron chi connectivity index (χ0n) is 9.25. The average Bonchev–Trinajstić information content (AvgIpc) is 2.13. The number of phenolic OH excluding ortho intramolecular Hbond substituents is 1. The van der Waals surface area contributed by atoms with Crippen LogP contribution in [0, 0.1) is 5.82 Å². The number of carbonyl (C=O) groups excluding carboxylic acids is 1. The summed E-state index contributed by atoms with van der Waals surface area (Å²) in [5.41, 5.74) is 5.18. The molecule has 0 aromatic heterocycles. The first-order valence-corrected chi connectivity index (χ1v) is 4.85. The second-order valence-electron chi connectivity index (χ2n) is 4.33. The van der Waals surface area contributed by atoms with Crippen molar-refractivity contribution >= 4 is 5.91 Å². The monoisotopic (exact) mass is 226 g/mol. The fraction of sp³-hybridized carbons (Fsp3) is 0.364. The molecule has 0 saturated heterocycles. The molecule has 1 amide bonds. The molecule has 0 aliphatic rings. The molecule has 0 saturated carbocycles. The molecule has 88 valence electrons. The molecule has 0 spiro atoms. The predicted octanol–water partition coefficient (Wildman–Crippen LogP) is 0.998. The molecule has 5 heteroatoms. The zero-order valence-corrected chi connectivity index (χ0v) is 9.25. The molecule has 1 aromatic carbocycles. The van der Waals surface area contributed by atoms with Crippen LogP contribution in [0.3, 0.4) is 0 Å². The van der Waals surface area contributed by atoms with Crippen LogP contribution in [0.5, 0.6) is 5.75 Å². The summed E-state index contributed by atoms with van der Waals surface area (Å²) >= 11 is 0. The summed E-state index contributed by atoms with van der Waals surface area (Å²) < 4.78 is 12.7. The number of nitrogens with two attached hydrogens (primary N) is 1.